The van der Waals surface area contributed by atoms with E-state index in [2.05, 4.69) is 11.5 Å². The highest BCUT2D eigenvalue weighted by atomic mass is 19.3. The lowest BCUT2D eigenvalue weighted by molar-refractivity contribution is -0.0339. The normalized spacial score (nSPS) is 26.6. The number of hydrogen-bond acceptors (Lipinski definition) is 2. The minimum absolute atomic E-state index is 0.495. The van der Waals surface area contributed by atoms with E-state index in [-0.39, 0.29) is 0 Å². The molecule has 1 atom stereocenters. The zero-order valence-corrected chi connectivity index (χ0v) is 10.6. The van der Waals surface area contributed by atoms with Gasteiger partial charge in [0.05, 0.1) is 6.61 Å². The van der Waals surface area contributed by atoms with Crippen molar-refractivity contribution in [1.29, 1.82) is 0 Å². The van der Waals surface area contributed by atoms with Crippen LogP contribution in [0.25, 0.3) is 0 Å². The second-order valence-corrected chi connectivity index (χ2v) is 3.84. The summed E-state index contributed by atoms with van der Waals surface area (Å²) in [5.41, 5.74) is 0.495. The molecule has 0 saturated carbocycles. The summed E-state index contributed by atoms with van der Waals surface area (Å²) in [7, 11) is 1.81. The highest BCUT2D eigenvalue weighted by molar-refractivity contribution is 5.03. The second-order valence-electron chi connectivity index (χ2n) is 3.84. The van der Waals surface area contributed by atoms with E-state index in [1.807, 2.05) is 21.0 Å². The van der Waals surface area contributed by atoms with Gasteiger partial charge in [0.1, 0.15) is 0 Å². The van der Waals surface area contributed by atoms with Crippen LogP contribution in [-0.4, -0.2) is 37.2 Å². The molecule has 2 fully saturated rings. The first-order valence-corrected chi connectivity index (χ1v) is 5.85. The number of halogens is 2. The third-order valence-corrected chi connectivity index (χ3v) is 3.00. The van der Waals surface area contributed by atoms with E-state index in [1.165, 1.54) is 32.4 Å². The van der Waals surface area contributed by atoms with Crippen molar-refractivity contribution in [3.8, 4) is 0 Å². The molecule has 2 aliphatic heterocycles. The quantitative estimate of drug-likeness (QED) is 0.728. The Hall–Kier alpha value is -0.480. The van der Waals surface area contributed by atoms with Gasteiger partial charge in [-0.1, -0.05) is 13.8 Å². The highest BCUT2D eigenvalue weighted by Crippen LogP contribution is 2.40. The molecule has 0 amide bonds. The van der Waals surface area contributed by atoms with Crippen LogP contribution in [0.15, 0.2) is 12.7 Å². The molecule has 96 valence electrons. The molecule has 0 aromatic heterocycles. The molecule has 2 rings (SSSR count). The number of hydrogen-bond donors (Lipinski definition) is 0. The largest absolute Gasteiger partial charge is 0.383 e. The predicted molar refractivity (Wildman–Crippen MR) is 62.7 cm³/mol. The monoisotopic (exact) mass is 235 g/mol. The third-order valence-electron chi connectivity index (χ3n) is 3.00. The van der Waals surface area contributed by atoms with Crippen molar-refractivity contribution in [3.63, 3.8) is 0 Å². The van der Waals surface area contributed by atoms with Gasteiger partial charge in [0.15, 0.2) is 0 Å². The van der Waals surface area contributed by atoms with Gasteiger partial charge in [0.2, 0.25) is 0 Å². The topological polar surface area (TPSA) is 12.5 Å². The Morgan fingerprint density at radius 2 is 1.88 bits per heavy atom. The van der Waals surface area contributed by atoms with Gasteiger partial charge in [-0.2, -0.15) is 8.78 Å². The van der Waals surface area contributed by atoms with Crippen LogP contribution in [0.2, 0.25) is 0 Å². The lowest BCUT2D eigenvalue weighted by Crippen LogP contribution is -2.58. The molecule has 0 aliphatic carbocycles. The molecule has 2 heterocycles. The number of fused-ring (bicyclic) bond motifs is 1. The smallest absolute Gasteiger partial charge is 0.263 e. The molecule has 0 aromatic rings. The van der Waals surface area contributed by atoms with Crippen molar-refractivity contribution >= 4 is 0 Å². The number of rotatable bonds is 2. The van der Waals surface area contributed by atoms with Crippen LogP contribution in [-0.2, 0) is 4.74 Å². The first kappa shape index (κ1) is 15.5. The molecular formula is C12H23F2NO. The molecule has 2 aliphatic rings. The fourth-order valence-corrected chi connectivity index (χ4v) is 2.32. The van der Waals surface area contributed by atoms with E-state index in [1.54, 1.807) is 0 Å². The Morgan fingerprint density at radius 3 is 2.19 bits per heavy atom. The van der Waals surface area contributed by atoms with Crippen molar-refractivity contribution in [1.82, 2.24) is 4.90 Å². The number of methoxy groups -OCH3 is 1. The zero-order valence-electron chi connectivity index (χ0n) is 10.6. The maximum Gasteiger partial charge on any atom is 0.263 e. The van der Waals surface area contributed by atoms with Crippen molar-refractivity contribution < 1.29 is 13.5 Å². The van der Waals surface area contributed by atoms with E-state index in [0.29, 0.717) is 5.54 Å². The molecule has 0 radical (unpaired) electrons. The first-order valence-electron chi connectivity index (χ1n) is 5.85. The van der Waals surface area contributed by atoms with Gasteiger partial charge in [-0.05, 0) is 32.4 Å². The van der Waals surface area contributed by atoms with Crippen LogP contribution in [0, 0.1) is 0 Å². The lowest BCUT2D eigenvalue weighted by Gasteiger charge is -2.47. The fraction of sp³-hybridized carbons (Fsp3) is 0.833. The summed E-state index contributed by atoms with van der Waals surface area (Å²) in [4.78, 5) is 2.57. The zero-order chi connectivity index (χ0) is 12.6. The maximum absolute atomic E-state index is 10.1. The summed E-state index contributed by atoms with van der Waals surface area (Å²) >= 11 is 0. The summed E-state index contributed by atoms with van der Waals surface area (Å²) in [6.07, 6.45) is 2.27. The minimum Gasteiger partial charge on any atom is -0.383 e. The average molecular weight is 235 g/mol. The van der Waals surface area contributed by atoms with Crippen LogP contribution < -0.4 is 0 Å². The van der Waals surface area contributed by atoms with Crippen molar-refractivity contribution in [2.75, 3.05) is 26.8 Å². The summed E-state index contributed by atoms with van der Waals surface area (Å²) < 4.78 is 25.5. The summed E-state index contributed by atoms with van der Waals surface area (Å²) in [6.45, 7) is 9.79. The van der Waals surface area contributed by atoms with Crippen LogP contribution in [0.5, 0.6) is 0 Å². The lowest BCUT2D eigenvalue weighted by atomic mass is 9.86. The predicted octanol–water partition coefficient (Wildman–Crippen LogP) is 3.29. The Labute approximate surface area is 97.3 Å². The van der Waals surface area contributed by atoms with Crippen LogP contribution in [0.3, 0.4) is 0 Å². The van der Waals surface area contributed by atoms with Crippen LogP contribution in [0.4, 0.5) is 8.78 Å². The highest BCUT2D eigenvalue weighted by Gasteiger charge is 2.47. The maximum atomic E-state index is 10.1. The fourth-order valence-electron chi connectivity index (χ4n) is 2.32. The van der Waals surface area contributed by atoms with Gasteiger partial charge in [0.25, 0.3) is 6.08 Å². The molecule has 2 saturated heterocycles. The molecule has 0 aromatic carbocycles. The van der Waals surface area contributed by atoms with E-state index in [4.69, 9.17) is 4.74 Å². The van der Waals surface area contributed by atoms with Gasteiger partial charge >= 0.3 is 0 Å². The van der Waals surface area contributed by atoms with Gasteiger partial charge in [-0.25, -0.2) is 0 Å². The van der Waals surface area contributed by atoms with Crippen LogP contribution >= 0.6 is 0 Å². The van der Waals surface area contributed by atoms with Crippen molar-refractivity contribution in [2.45, 2.75) is 38.6 Å². The Balaban J connectivity index is 0.000000323. The summed E-state index contributed by atoms with van der Waals surface area (Å²) in [5.74, 6) is 0. The summed E-state index contributed by atoms with van der Waals surface area (Å²) in [6, 6.07) is 0. The SMILES string of the molecule is C=C(F)F.CC.COCC12CCCN1CC2. The third kappa shape index (κ3) is 4.18. The Bertz CT molecular complexity index is 207. The second kappa shape index (κ2) is 7.74. The van der Waals surface area contributed by atoms with Crippen LogP contribution in [0.1, 0.15) is 33.1 Å². The molecule has 1 unspecified atom stereocenters. The van der Waals surface area contributed by atoms with Gasteiger partial charge in [-0.3, -0.25) is 4.90 Å². The Morgan fingerprint density at radius 1 is 1.31 bits per heavy atom. The van der Waals surface area contributed by atoms with Gasteiger partial charge in [-0.15, -0.1) is 0 Å². The minimum atomic E-state index is -1.83. The van der Waals surface area contributed by atoms with E-state index in [0.717, 1.165) is 6.61 Å². The van der Waals surface area contributed by atoms with Crippen molar-refractivity contribution in [3.05, 3.63) is 12.7 Å². The summed E-state index contributed by atoms with van der Waals surface area (Å²) in [5, 5.41) is 0. The van der Waals surface area contributed by atoms with Crippen molar-refractivity contribution in [2.24, 2.45) is 0 Å². The van der Waals surface area contributed by atoms with E-state index >= 15 is 0 Å². The molecule has 0 spiro atoms. The number of nitrogens with zero attached hydrogens (tertiary/aromatic N) is 1. The van der Waals surface area contributed by atoms with E-state index < -0.39 is 6.08 Å². The Kier molecular flexibility index (Phi) is 7.51. The molecule has 16 heavy (non-hydrogen) atoms. The number of ether oxygens (including phenoxy) is 1. The van der Waals surface area contributed by atoms with Gasteiger partial charge in [0, 0.05) is 19.2 Å². The first-order chi connectivity index (χ1) is 7.60. The molecule has 4 heteroatoms. The molecule has 0 N–H and O–H groups in total. The average Bonchev–Trinajstić information content (AvgIpc) is 2.48. The standard InChI is InChI=1S/C8H15NO.C2H2F2.C2H6/c1-10-7-8-3-2-5-9(8)6-4-8;1-2(3)4;1-2/h2-7H2,1H3;1H2;1-2H3. The molecular weight excluding hydrogens is 212 g/mol. The van der Waals surface area contributed by atoms with Gasteiger partial charge < -0.3 is 4.74 Å². The molecule has 2 nitrogen and oxygen atoms in total. The molecule has 0 bridgehead atoms. The van der Waals surface area contributed by atoms with E-state index in [9.17, 15) is 8.78 Å².